The van der Waals surface area contributed by atoms with E-state index in [1.54, 1.807) is 0 Å². The van der Waals surface area contributed by atoms with Gasteiger partial charge in [-0.05, 0) is 64.2 Å². The predicted octanol–water partition coefficient (Wildman–Crippen LogP) is 16.5. The van der Waals surface area contributed by atoms with Crippen molar-refractivity contribution in [2.45, 2.75) is 271 Å². The van der Waals surface area contributed by atoms with E-state index < -0.39 is 6.10 Å². The van der Waals surface area contributed by atoms with E-state index in [0.717, 1.165) is 64.2 Å². The molecule has 1 unspecified atom stereocenters. The zero-order valence-corrected chi connectivity index (χ0v) is 39.3. The Hall–Kier alpha value is -2.37. The van der Waals surface area contributed by atoms with Gasteiger partial charge in [-0.1, -0.05) is 218 Å². The molecule has 344 valence electrons. The Morgan fingerprint density at radius 1 is 0.339 bits per heavy atom. The third kappa shape index (κ3) is 46.5. The minimum Gasteiger partial charge on any atom is -0.462 e. The fraction of sp³-hybridized carbons (Fsp3) is 0.830. The summed E-state index contributed by atoms with van der Waals surface area (Å²) in [5.41, 5.74) is 0. The second-order valence-electron chi connectivity index (χ2n) is 17.1. The van der Waals surface area contributed by atoms with Crippen LogP contribution in [0.1, 0.15) is 265 Å². The van der Waals surface area contributed by atoms with Gasteiger partial charge in [0.05, 0.1) is 0 Å². The summed E-state index contributed by atoms with van der Waals surface area (Å²) in [6, 6.07) is 0. The normalized spacial score (nSPS) is 12.3. The van der Waals surface area contributed by atoms with Crippen LogP contribution in [-0.2, 0) is 28.6 Å². The Morgan fingerprint density at radius 3 is 1.03 bits per heavy atom. The third-order valence-electron chi connectivity index (χ3n) is 11.1. The zero-order chi connectivity index (χ0) is 43.0. The summed E-state index contributed by atoms with van der Waals surface area (Å²) in [6.07, 6.45) is 55.7. The standard InChI is InChI=1S/C53H96O6/c1-4-7-10-13-16-19-22-25-26-29-31-34-37-40-43-46-52(55)58-49-50(59-53(56)47-44-41-38-35-32-28-24-21-18-15-12-9-6-3)48-57-51(54)45-42-39-36-33-30-27-23-20-17-14-11-8-5-2/h27-28,30,32,38,41,50H,4-26,29,31,33-37,39-40,42-49H2,1-3H3/b30-27-,32-28-,41-38-. The van der Waals surface area contributed by atoms with E-state index in [-0.39, 0.29) is 37.5 Å². The molecular weight excluding hydrogens is 733 g/mol. The molecule has 0 aromatic rings. The maximum absolute atomic E-state index is 12.7. The molecule has 0 heterocycles. The van der Waals surface area contributed by atoms with E-state index >= 15 is 0 Å². The van der Waals surface area contributed by atoms with Crippen molar-refractivity contribution in [3.8, 4) is 0 Å². The molecule has 0 saturated carbocycles. The molecule has 0 aliphatic rings. The molecule has 0 amide bonds. The van der Waals surface area contributed by atoms with E-state index in [1.165, 1.54) is 154 Å². The highest BCUT2D eigenvalue weighted by atomic mass is 16.6. The summed E-state index contributed by atoms with van der Waals surface area (Å²) < 4.78 is 16.7. The number of allylic oxidation sites excluding steroid dienone is 6. The van der Waals surface area contributed by atoms with E-state index in [0.29, 0.717) is 19.3 Å². The van der Waals surface area contributed by atoms with Crippen molar-refractivity contribution in [3.05, 3.63) is 36.5 Å². The van der Waals surface area contributed by atoms with Gasteiger partial charge < -0.3 is 14.2 Å². The molecule has 0 bridgehead atoms. The number of hydrogen-bond donors (Lipinski definition) is 0. The maximum Gasteiger partial charge on any atom is 0.306 e. The molecule has 0 saturated heterocycles. The Kier molecular flexibility index (Phi) is 46.4. The zero-order valence-electron chi connectivity index (χ0n) is 39.3. The summed E-state index contributed by atoms with van der Waals surface area (Å²) in [7, 11) is 0. The lowest BCUT2D eigenvalue weighted by atomic mass is 10.0. The molecule has 6 nitrogen and oxygen atoms in total. The first-order chi connectivity index (χ1) is 29.0. The molecule has 0 rings (SSSR count). The van der Waals surface area contributed by atoms with Crippen molar-refractivity contribution >= 4 is 17.9 Å². The smallest absolute Gasteiger partial charge is 0.306 e. The molecule has 0 aliphatic heterocycles. The minimum atomic E-state index is -0.804. The second-order valence-corrected chi connectivity index (χ2v) is 17.1. The number of rotatable bonds is 46. The average Bonchev–Trinajstić information content (AvgIpc) is 3.23. The van der Waals surface area contributed by atoms with Crippen LogP contribution in [0.15, 0.2) is 36.5 Å². The fourth-order valence-corrected chi connectivity index (χ4v) is 7.25. The van der Waals surface area contributed by atoms with E-state index in [9.17, 15) is 14.4 Å². The maximum atomic E-state index is 12.7. The fourth-order valence-electron chi connectivity index (χ4n) is 7.25. The number of hydrogen-bond acceptors (Lipinski definition) is 6. The minimum absolute atomic E-state index is 0.0963. The van der Waals surface area contributed by atoms with Gasteiger partial charge in [-0.2, -0.15) is 0 Å². The van der Waals surface area contributed by atoms with E-state index in [2.05, 4.69) is 51.2 Å². The molecule has 0 spiro atoms. The van der Waals surface area contributed by atoms with Crippen molar-refractivity contribution in [3.63, 3.8) is 0 Å². The molecule has 0 radical (unpaired) electrons. The van der Waals surface area contributed by atoms with Crippen LogP contribution >= 0.6 is 0 Å². The van der Waals surface area contributed by atoms with Crippen molar-refractivity contribution < 1.29 is 28.6 Å². The monoisotopic (exact) mass is 829 g/mol. The van der Waals surface area contributed by atoms with Crippen molar-refractivity contribution in [2.75, 3.05) is 13.2 Å². The van der Waals surface area contributed by atoms with Crippen LogP contribution < -0.4 is 0 Å². The molecule has 59 heavy (non-hydrogen) atoms. The summed E-state index contributed by atoms with van der Waals surface area (Å²) in [6.45, 7) is 6.57. The van der Waals surface area contributed by atoms with Gasteiger partial charge in [0.15, 0.2) is 6.10 Å². The van der Waals surface area contributed by atoms with E-state index in [4.69, 9.17) is 14.2 Å². The molecular formula is C53H96O6. The van der Waals surface area contributed by atoms with Gasteiger partial charge in [0.25, 0.3) is 0 Å². The molecule has 6 heteroatoms. The quantitative estimate of drug-likeness (QED) is 0.0263. The third-order valence-corrected chi connectivity index (χ3v) is 11.1. The molecule has 1 atom stereocenters. The van der Waals surface area contributed by atoms with Gasteiger partial charge in [-0.25, -0.2) is 0 Å². The van der Waals surface area contributed by atoms with Crippen molar-refractivity contribution in [2.24, 2.45) is 0 Å². The Bertz CT molecular complexity index is 1000. The first-order valence-corrected chi connectivity index (χ1v) is 25.5. The van der Waals surface area contributed by atoms with Gasteiger partial charge in [0.2, 0.25) is 0 Å². The average molecular weight is 829 g/mol. The molecule has 0 aliphatic carbocycles. The Labute approximate surface area is 365 Å². The number of carbonyl (C=O) groups is 3. The summed E-state index contributed by atoms with van der Waals surface area (Å²) in [4.78, 5) is 37.8. The van der Waals surface area contributed by atoms with Crippen LogP contribution in [0.4, 0.5) is 0 Å². The topological polar surface area (TPSA) is 78.9 Å². The van der Waals surface area contributed by atoms with Gasteiger partial charge in [0, 0.05) is 19.3 Å². The molecule has 0 fully saturated rings. The van der Waals surface area contributed by atoms with Gasteiger partial charge in [0.1, 0.15) is 13.2 Å². The van der Waals surface area contributed by atoms with E-state index in [1.807, 2.05) is 6.08 Å². The van der Waals surface area contributed by atoms with Crippen LogP contribution in [0.25, 0.3) is 0 Å². The molecule has 0 N–H and O–H groups in total. The van der Waals surface area contributed by atoms with Crippen LogP contribution in [0, 0.1) is 0 Å². The van der Waals surface area contributed by atoms with Crippen LogP contribution in [0.5, 0.6) is 0 Å². The lowest BCUT2D eigenvalue weighted by Crippen LogP contribution is -2.30. The lowest BCUT2D eigenvalue weighted by molar-refractivity contribution is -0.166. The number of unbranched alkanes of at least 4 members (excludes halogenated alkanes) is 29. The highest BCUT2D eigenvalue weighted by Gasteiger charge is 2.19. The Balaban J connectivity index is 4.42. The summed E-state index contributed by atoms with van der Waals surface area (Å²) in [5, 5.41) is 0. The highest BCUT2D eigenvalue weighted by Crippen LogP contribution is 2.15. The highest BCUT2D eigenvalue weighted by molar-refractivity contribution is 5.71. The van der Waals surface area contributed by atoms with Crippen molar-refractivity contribution in [1.82, 2.24) is 0 Å². The van der Waals surface area contributed by atoms with Crippen molar-refractivity contribution in [1.29, 1.82) is 0 Å². The van der Waals surface area contributed by atoms with Gasteiger partial charge in [-0.15, -0.1) is 0 Å². The first-order valence-electron chi connectivity index (χ1n) is 25.5. The second kappa shape index (κ2) is 48.3. The van der Waals surface area contributed by atoms with Gasteiger partial charge in [-0.3, -0.25) is 14.4 Å². The number of carbonyl (C=O) groups excluding carboxylic acids is 3. The first kappa shape index (κ1) is 56.6. The summed E-state index contributed by atoms with van der Waals surface area (Å²) >= 11 is 0. The predicted molar refractivity (Wildman–Crippen MR) is 252 cm³/mol. The SMILES string of the molecule is CCCCCCCC/C=C\C/C=C\CCC(=O)OC(COC(=O)CCCCC/C=C\CCCCCCCC)COC(=O)CCCCCCCCCCCCCCCCC. The number of esters is 3. The lowest BCUT2D eigenvalue weighted by Gasteiger charge is -2.18. The Morgan fingerprint density at radius 2 is 0.644 bits per heavy atom. The summed E-state index contributed by atoms with van der Waals surface area (Å²) in [5.74, 6) is -0.973. The number of ether oxygens (including phenoxy) is 3. The van der Waals surface area contributed by atoms with Crippen LogP contribution in [0.2, 0.25) is 0 Å². The van der Waals surface area contributed by atoms with Crippen LogP contribution in [0.3, 0.4) is 0 Å². The molecule has 0 aromatic heterocycles. The van der Waals surface area contributed by atoms with Gasteiger partial charge >= 0.3 is 17.9 Å². The molecule has 0 aromatic carbocycles. The van der Waals surface area contributed by atoms with Crippen LogP contribution in [-0.4, -0.2) is 37.2 Å². The largest absolute Gasteiger partial charge is 0.462 e.